The zero-order valence-corrected chi connectivity index (χ0v) is 16.4. The number of hydrogen-bond acceptors (Lipinski definition) is 3. The maximum absolute atomic E-state index is 13.0. The summed E-state index contributed by atoms with van der Waals surface area (Å²) in [5.41, 5.74) is 4.41. The SMILES string of the molecule is COc1ccc2c(c1)C(c1ccccc1)=CC1(CCCCC1)N1C(=O)CCN21. The molecule has 0 bridgehead atoms. The Labute approximate surface area is 166 Å². The minimum Gasteiger partial charge on any atom is -0.497 e. The Morgan fingerprint density at radius 2 is 1.79 bits per heavy atom. The molecular formula is C24H26N2O2. The molecule has 0 radical (unpaired) electrons. The third-order valence-corrected chi connectivity index (χ3v) is 6.43. The molecule has 28 heavy (non-hydrogen) atoms. The number of hydrogen-bond donors (Lipinski definition) is 0. The fourth-order valence-corrected chi connectivity index (χ4v) is 5.13. The number of carbonyl (C=O) groups is 1. The number of rotatable bonds is 2. The molecule has 1 aliphatic carbocycles. The third kappa shape index (κ3) is 2.62. The van der Waals surface area contributed by atoms with Crippen LogP contribution in [0.2, 0.25) is 0 Å². The summed E-state index contributed by atoms with van der Waals surface area (Å²) in [7, 11) is 1.71. The van der Waals surface area contributed by atoms with E-state index in [2.05, 4.69) is 58.6 Å². The van der Waals surface area contributed by atoms with Crippen molar-refractivity contribution in [1.29, 1.82) is 0 Å². The van der Waals surface area contributed by atoms with Crippen molar-refractivity contribution in [3.63, 3.8) is 0 Å². The van der Waals surface area contributed by atoms with Crippen LogP contribution in [0.15, 0.2) is 54.6 Å². The predicted molar refractivity (Wildman–Crippen MR) is 111 cm³/mol. The van der Waals surface area contributed by atoms with Crippen molar-refractivity contribution < 1.29 is 9.53 Å². The van der Waals surface area contributed by atoms with Gasteiger partial charge in [-0.2, -0.15) is 0 Å². The summed E-state index contributed by atoms with van der Waals surface area (Å²) in [6.45, 7) is 0.746. The second kappa shape index (κ2) is 6.69. The van der Waals surface area contributed by atoms with Crippen LogP contribution in [0.4, 0.5) is 5.69 Å². The highest BCUT2D eigenvalue weighted by molar-refractivity contribution is 5.93. The van der Waals surface area contributed by atoms with Crippen LogP contribution in [-0.2, 0) is 4.79 Å². The van der Waals surface area contributed by atoms with E-state index < -0.39 is 0 Å². The van der Waals surface area contributed by atoms with E-state index in [0.717, 1.165) is 49.2 Å². The Bertz CT molecular complexity index is 929. The zero-order valence-electron chi connectivity index (χ0n) is 16.4. The predicted octanol–water partition coefficient (Wildman–Crippen LogP) is 4.80. The fourth-order valence-electron chi connectivity index (χ4n) is 5.13. The van der Waals surface area contributed by atoms with Gasteiger partial charge < -0.3 is 4.74 Å². The van der Waals surface area contributed by atoms with Gasteiger partial charge in [-0.05, 0) is 48.3 Å². The van der Waals surface area contributed by atoms with Gasteiger partial charge in [-0.3, -0.25) is 9.80 Å². The monoisotopic (exact) mass is 374 g/mol. The molecule has 2 aromatic carbocycles. The molecule has 2 fully saturated rings. The fraction of sp³-hybridized carbons (Fsp3) is 0.375. The number of methoxy groups -OCH3 is 1. The molecule has 0 unspecified atom stereocenters. The first-order valence-corrected chi connectivity index (χ1v) is 10.3. The number of nitrogens with zero attached hydrogens (tertiary/aromatic N) is 2. The van der Waals surface area contributed by atoms with E-state index in [0.29, 0.717) is 6.42 Å². The van der Waals surface area contributed by atoms with Gasteiger partial charge in [-0.1, -0.05) is 49.6 Å². The smallest absolute Gasteiger partial charge is 0.243 e. The average molecular weight is 374 g/mol. The molecule has 2 aliphatic heterocycles. The molecule has 5 rings (SSSR count). The molecule has 1 amide bonds. The van der Waals surface area contributed by atoms with E-state index in [-0.39, 0.29) is 11.4 Å². The van der Waals surface area contributed by atoms with Gasteiger partial charge in [0.25, 0.3) is 0 Å². The number of carbonyl (C=O) groups excluding carboxylic acids is 1. The quantitative estimate of drug-likeness (QED) is 0.757. The molecule has 0 atom stereocenters. The normalized spacial score (nSPS) is 20.5. The van der Waals surface area contributed by atoms with E-state index in [4.69, 9.17) is 4.74 Å². The van der Waals surface area contributed by atoms with Crippen molar-refractivity contribution in [2.45, 2.75) is 44.1 Å². The van der Waals surface area contributed by atoms with Crippen LogP contribution in [-0.4, -0.2) is 30.1 Å². The molecule has 1 saturated heterocycles. The number of benzene rings is 2. The molecule has 144 valence electrons. The summed E-state index contributed by atoms with van der Waals surface area (Å²) in [4.78, 5) is 13.0. The topological polar surface area (TPSA) is 32.8 Å². The Hall–Kier alpha value is -2.75. The minimum atomic E-state index is -0.233. The first-order valence-electron chi connectivity index (χ1n) is 10.3. The Balaban J connectivity index is 1.79. The summed E-state index contributed by atoms with van der Waals surface area (Å²) in [5.74, 6) is 1.09. The maximum Gasteiger partial charge on any atom is 0.243 e. The van der Waals surface area contributed by atoms with Gasteiger partial charge in [0.05, 0.1) is 18.3 Å². The van der Waals surface area contributed by atoms with Crippen LogP contribution >= 0.6 is 0 Å². The Morgan fingerprint density at radius 3 is 2.54 bits per heavy atom. The molecule has 0 N–H and O–H groups in total. The molecule has 3 aliphatic rings. The average Bonchev–Trinajstić information content (AvgIpc) is 3.10. The molecule has 1 spiro atoms. The van der Waals surface area contributed by atoms with Gasteiger partial charge >= 0.3 is 0 Å². The summed E-state index contributed by atoms with van der Waals surface area (Å²) >= 11 is 0. The number of ether oxygens (including phenoxy) is 1. The van der Waals surface area contributed by atoms with Crippen molar-refractivity contribution in [2.24, 2.45) is 0 Å². The van der Waals surface area contributed by atoms with E-state index in [9.17, 15) is 4.79 Å². The van der Waals surface area contributed by atoms with Crippen LogP contribution in [0.1, 0.15) is 49.7 Å². The summed E-state index contributed by atoms with van der Waals surface area (Å²) in [6, 6.07) is 16.8. The van der Waals surface area contributed by atoms with Gasteiger partial charge in [0.2, 0.25) is 5.91 Å². The molecule has 4 nitrogen and oxygen atoms in total. The lowest BCUT2D eigenvalue weighted by Gasteiger charge is -2.46. The second-order valence-electron chi connectivity index (χ2n) is 8.05. The highest BCUT2D eigenvalue weighted by atomic mass is 16.5. The number of amides is 1. The highest BCUT2D eigenvalue weighted by Gasteiger charge is 2.48. The van der Waals surface area contributed by atoms with E-state index in [1.54, 1.807) is 7.11 Å². The first-order chi connectivity index (χ1) is 13.7. The number of hydrazine groups is 1. The minimum absolute atomic E-state index is 0.233. The molecular weight excluding hydrogens is 348 g/mol. The molecule has 4 heteroatoms. The lowest BCUT2D eigenvalue weighted by molar-refractivity contribution is -0.133. The van der Waals surface area contributed by atoms with Crippen LogP contribution < -0.4 is 9.75 Å². The van der Waals surface area contributed by atoms with Crippen molar-refractivity contribution in [3.05, 3.63) is 65.7 Å². The van der Waals surface area contributed by atoms with E-state index in [1.807, 2.05) is 6.07 Å². The van der Waals surface area contributed by atoms with Gasteiger partial charge in [0.1, 0.15) is 5.75 Å². The largest absolute Gasteiger partial charge is 0.497 e. The van der Waals surface area contributed by atoms with Crippen LogP contribution in [0.5, 0.6) is 5.75 Å². The summed E-state index contributed by atoms with van der Waals surface area (Å²) < 4.78 is 5.55. The van der Waals surface area contributed by atoms with Gasteiger partial charge in [-0.15, -0.1) is 0 Å². The van der Waals surface area contributed by atoms with E-state index >= 15 is 0 Å². The lowest BCUT2D eigenvalue weighted by Crippen LogP contribution is -2.55. The zero-order chi connectivity index (χ0) is 19.1. The molecule has 1 saturated carbocycles. The summed E-state index contributed by atoms with van der Waals surface area (Å²) in [6.07, 6.45) is 8.60. The number of fused-ring (bicyclic) bond motifs is 4. The van der Waals surface area contributed by atoms with Crippen molar-refractivity contribution in [2.75, 3.05) is 18.7 Å². The summed E-state index contributed by atoms with van der Waals surface area (Å²) in [5, 5.41) is 4.32. The maximum atomic E-state index is 13.0. The van der Waals surface area contributed by atoms with Gasteiger partial charge in [0, 0.05) is 18.5 Å². The van der Waals surface area contributed by atoms with Gasteiger partial charge in [0.15, 0.2) is 0 Å². The lowest BCUT2D eigenvalue weighted by atomic mass is 9.78. The van der Waals surface area contributed by atoms with Crippen molar-refractivity contribution in [3.8, 4) is 5.75 Å². The van der Waals surface area contributed by atoms with Crippen LogP contribution in [0.3, 0.4) is 0 Å². The molecule has 2 aromatic rings. The van der Waals surface area contributed by atoms with E-state index in [1.165, 1.54) is 17.6 Å². The first kappa shape index (κ1) is 17.4. The van der Waals surface area contributed by atoms with Crippen molar-refractivity contribution in [1.82, 2.24) is 5.01 Å². The molecule has 0 aromatic heterocycles. The Kier molecular flexibility index (Phi) is 4.15. The number of anilines is 1. The van der Waals surface area contributed by atoms with Crippen molar-refractivity contribution >= 4 is 17.2 Å². The van der Waals surface area contributed by atoms with Crippen LogP contribution in [0.25, 0.3) is 5.57 Å². The van der Waals surface area contributed by atoms with Gasteiger partial charge in [-0.25, -0.2) is 5.01 Å². The second-order valence-corrected chi connectivity index (χ2v) is 8.05. The van der Waals surface area contributed by atoms with Crippen LogP contribution in [0, 0.1) is 0 Å². The Morgan fingerprint density at radius 1 is 1.00 bits per heavy atom. The highest BCUT2D eigenvalue weighted by Crippen LogP contribution is 2.47. The standard InChI is InChI=1S/C24H26N2O2/c1-28-19-10-11-22-20(16-19)21(18-8-4-2-5-9-18)17-24(13-6-3-7-14-24)26-23(27)12-15-25(22)26/h2,4-5,8-11,16-17H,3,6-7,12-15H2,1H3. The third-order valence-electron chi connectivity index (χ3n) is 6.43. The molecule has 2 heterocycles.